The Labute approximate surface area is 149 Å². The van der Waals surface area contributed by atoms with Gasteiger partial charge in [0.2, 0.25) is 0 Å². The van der Waals surface area contributed by atoms with Gasteiger partial charge in [0.1, 0.15) is 11.4 Å². The van der Waals surface area contributed by atoms with E-state index in [0.29, 0.717) is 10.2 Å². The molecule has 5 nitrogen and oxygen atoms in total. The van der Waals surface area contributed by atoms with Crippen LogP contribution in [-0.2, 0) is 28.9 Å². The highest BCUT2D eigenvalue weighted by molar-refractivity contribution is 7.16. The Balaban J connectivity index is 1.57. The summed E-state index contributed by atoms with van der Waals surface area (Å²) in [6.45, 7) is -0.182. The van der Waals surface area contributed by atoms with Crippen molar-refractivity contribution in [3.8, 4) is 0 Å². The fourth-order valence-electron chi connectivity index (χ4n) is 2.34. The number of thiophene rings is 1. The Morgan fingerprint density at radius 3 is 2.85 bits per heavy atom. The lowest BCUT2D eigenvalue weighted by atomic mass is 10.1. The van der Waals surface area contributed by atoms with E-state index in [4.69, 9.17) is 4.74 Å². The van der Waals surface area contributed by atoms with Crippen LogP contribution in [0.25, 0.3) is 10.2 Å². The molecule has 0 saturated heterocycles. The van der Waals surface area contributed by atoms with Crippen molar-refractivity contribution in [2.45, 2.75) is 25.7 Å². The number of carbonyl (C=O) groups excluding carboxylic acids is 1. The molecule has 26 heavy (non-hydrogen) atoms. The first kappa shape index (κ1) is 18.1. The molecule has 0 radical (unpaired) electrons. The predicted octanol–water partition coefficient (Wildman–Crippen LogP) is 3.61. The monoisotopic (exact) mass is 382 g/mol. The van der Waals surface area contributed by atoms with E-state index in [-0.39, 0.29) is 30.7 Å². The zero-order chi connectivity index (χ0) is 18.7. The summed E-state index contributed by atoms with van der Waals surface area (Å²) in [5.41, 5.74) is -0.804. The normalized spacial score (nSPS) is 11.7. The van der Waals surface area contributed by atoms with Gasteiger partial charge in [0.15, 0.2) is 0 Å². The van der Waals surface area contributed by atoms with E-state index in [1.807, 2.05) is 0 Å². The quantitative estimate of drug-likeness (QED) is 0.633. The molecule has 0 amide bonds. The summed E-state index contributed by atoms with van der Waals surface area (Å²) in [5.74, 6) is -0.611. The van der Waals surface area contributed by atoms with Gasteiger partial charge in [-0.3, -0.25) is 14.2 Å². The average molecular weight is 382 g/mol. The number of ether oxygens (including phenoxy) is 1. The second kappa shape index (κ2) is 7.28. The van der Waals surface area contributed by atoms with Crippen LogP contribution in [-0.4, -0.2) is 15.5 Å². The van der Waals surface area contributed by atoms with Gasteiger partial charge in [0.25, 0.3) is 5.56 Å². The minimum Gasteiger partial charge on any atom is -0.461 e. The maximum Gasteiger partial charge on any atom is 0.416 e. The van der Waals surface area contributed by atoms with Crippen molar-refractivity contribution >= 4 is 27.5 Å². The molecule has 2 heterocycles. The first-order valence-corrected chi connectivity index (χ1v) is 8.47. The first-order valence-electron chi connectivity index (χ1n) is 7.59. The maximum atomic E-state index is 12.7. The molecule has 3 aromatic rings. The Morgan fingerprint density at radius 2 is 2.08 bits per heavy atom. The van der Waals surface area contributed by atoms with Gasteiger partial charge in [-0.15, -0.1) is 11.3 Å². The number of nitrogens with zero attached hydrogens (tertiary/aromatic N) is 2. The average Bonchev–Trinajstić information content (AvgIpc) is 3.08. The molecule has 0 aliphatic heterocycles. The van der Waals surface area contributed by atoms with Crippen molar-refractivity contribution in [2.24, 2.45) is 0 Å². The van der Waals surface area contributed by atoms with Crippen LogP contribution in [0.5, 0.6) is 0 Å². The Morgan fingerprint density at radius 1 is 1.27 bits per heavy atom. The molecule has 3 rings (SSSR count). The fraction of sp³-hybridized carbons (Fsp3) is 0.235. The van der Waals surface area contributed by atoms with E-state index in [0.717, 1.165) is 12.1 Å². The summed E-state index contributed by atoms with van der Waals surface area (Å²) in [6, 6.07) is 6.25. The zero-order valence-corrected chi connectivity index (χ0v) is 14.1. The van der Waals surface area contributed by atoms with Crippen LogP contribution in [0.1, 0.15) is 17.5 Å². The van der Waals surface area contributed by atoms with Gasteiger partial charge in [0.05, 0.1) is 23.7 Å². The van der Waals surface area contributed by atoms with E-state index >= 15 is 0 Å². The van der Waals surface area contributed by atoms with Gasteiger partial charge in [0, 0.05) is 6.54 Å². The van der Waals surface area contributed by atoms with Crippen molar-refractivity contribution in [1.29, 1.82) is 0 Å². The van der Waals surface area contributed by atoms with Crippen molar-refractivity contribution in [3.05, 3.63) is 63.5 Å². The van der Waals surface area contributed by atoms with Crippen LogP contribution in [0.15, 0.2) is 46.8 Å². The van der Waals surface area contributed by atoms with E-state index in [1.165, 1.54) is 34.4 Å². The molecule has 136 valence electrons. The van der Waals surface area contributed by atoms with Crippen LogP contribution in [0.4, 0.5) is 13.2 Å². The molecule has 0 atom stereocenters. The Bertz CT molecular complexity index is 995. The van der Waals surface area contributed by atoms with Gasteiger partial charge in [-0.2, -0.15) is 13.2 Å². The molecule has 0 aliphatic carbocycles. The highest BCUT2D eigenvalue weighted by Crippen LogP contribution is 2.29. The van der Waals surface area contributed by atoms with Crippen molar-refractivity contribution in [2.75, 3.05) is 0 Å². The van der Waals surface area contributed by atoms with Gasteiger partial charge in [-0.05, 0) is 29.1 Å². The Kier molecular flexibility index (Phi) is 5.08. The molecule has 9 heteroatoms. The molecular weight excluding hydrogens is 369 g/mol. The van der Waals surface area contributed by atoms with E-state index < -0.39 is 17.7 Å². The number of aryl methyl sites for hydroxylation is 1. The topological polar surface area (TPSA) is 61.2 Å². The van der Waals surface area contributed by atoms with E-state index in [2.05, 4.69) is 4.98 Å². The highest BCUT2D eigenvalue weighted by atomic mass is 32.1. The van der Waals surface area contributed by atoms with Gasteiger partial charge in [-0.1, -0.05) is 12.1 Å². The Hall–Kier alpha value is -2.68. The lowest BCUT2D eigenvalue weighted by Gasteiger charge is -2.09. The van der Waals surface area contributed by atoms with Gasteiger partial charge >= 0.3 is 12.1 Å². The lowest BCUT2D eigenvalue weighted by molar-refractivity contribution is -0.145. The third-order valence-electron chi connectivity index (χ3n) is 3.66. The number of carbonyl (C=O) groups is 1. The molecule has 1 aromatic carbocycles. The second-order valence-corrected chi connectivity index (χ2v) is 6.39. The molecular formula is C17H13F3N2O3S. The molecule has 0 unspecified atom stereocenters. The SMILES string of the molecule is O=C(CCn1cnc2sccc2c1=O)OCc1cccc(C(F)(F)F)c1. The predicted molar refractivity (Wildman–Crippen MR) is 89.7 cm³/mol. The number of benzene rings is 1. The van der Waals surface area contributed by atoms with Crippen molar-refractivity contribution < 1.29 is 22.7 Å². The van der Waals surface area contributed by atoms with Crippen molar-refractivity contribution in [3.63, 3.8) is 0 Å². The van der Waals surface area contributed by atoms with Crippen LogP contribution >= 0.6 is 11.3 Å². The molecule has 0 saturated carbocycles. The van der Waals surface area contributed by atoms with Crippen LogP contribution < -0.4 is 5.56 Å². The minimum absolute atomic E-state index is 0.0824. The lowest BCUT2D eigenvalue weighted by Crippen LogP contribution is -2.21. The summed E-state index contributed by atoms with van der Waals surface area (Å²) in [4.78, 5) is 28.8. The highest BCUT2D eigenvalue weighted by Gasteiger charge is 2.30. The second-order valence-electron chi connectivity index (χ2n) is 5.49. The van der Waals surface area contributed by atoms with Crippen LogP contribution in [0.2, 0.25) is 0 Å². The smallest absolute Gasteiger partial charge is 0.416 e. The molecule has 2 aromatic heterocycles. The number of aromatic nitrogens is 2. The van der Waals surface area contributed by atoms with Crippen LogP contribution in [0, 0.1) is 0 Å². The standard InChI is InChI=1S/C17H13F3N2O3S/c18-17(19,20)12-3-1-2-11(8-12)9-25-14(23)4-6-22-10-21-15-13(16(22)24)5-7-26-15/h1-3,5,7-8,10H,4,6,9H2. The number of fused-ring (bicyclic) bond motifs is 1. The number of halogens is 3. The summed E-state index contributed by atoms with van der Waals surface area (Å²) >= 11 is 1.35. The largest absolute Gasteiger partial charge is 0.461 e. The number of hydrogen-bond donors (Lipinski definition) is 0. The number of rotatable bonds is 5. The van der Waals surface area contributed by atoms with E-state index in [1.54, 1.807) is 11.4 Å². The van der Waals surface area contributed by atoms with Crippen molar-refractivity contribution in [1.82, 2.24) is 9.55 Å². The number of esters is 1. The summed E-state index contributed by atoms with van der Waals surface area (Å²) < 4.78 is 44.3. The van der Waals surface area contributed by atoms with Crippen LogP contribution in [0.3, 0.4) is 0 Å². The molecule has 0 fully saturated rings. The third-order valence-corrected chi connectivity index (χ3v) is 4.48. The third kappa shape index (κ3) is 4.10. The number of alkyl halides is 3. The van der Waals surface area contributed by atoms with Gasteiger partial charge < -0.3 is 4.74 Å². The molecule has 0 bridgehead atoms. The molecule has 0 spiro atoms. The summed E-state index contributed by atoms with van der Waals surface area (Å²) in [6.07, 6.45) is -3.17. The minimum atomic E-state index is -4.45. The fourth-order valence-corrected chi connectivity index (χ4v) is 3.06. The van der Waals surface area contributed by atoms with Gasteiger partial charge in [-0.25, -0.2) is 4.98 Å². The first-order chi connectivity index (χ1) is 12.3. The summed E-state index contributed by atoms with van der Waals surface area (Å²) in [7, 11) is 0. The van der Waals surface area contributed by atoms with E-state index in [9.17, 15) is 22.8 Å². The summed E-state index contributed by atoms with van der Waals surface area (Å²) in [5, 5.41) is 2.24. The zero-order valence-electron chi connectivity index (χ0n) is 13.3. The maximum absolute atomic E-state index is 12.7. The molecule has 0 aliphatic rings. The molecule has 0 N–H and O–H groups in total. The number of hydrogen-bond acceptors (Lipinski definition) is 5.